The highest BCUT2D eigenvalue weighted by Gasteiger charge is 2.36. The summed E-state index contributed by atoms with van der Waals surface area (Å²) in [6.45, 7) is 0.410. The van der Waals surface area contributed by atoms with Gasteiger partial charge in [-0.1, -0.05) is 60.7 Å². The van der Waals surface area contributed by atoms with Gasteiger partial charge >= 0.3 is 0 Å². The number of carbonyl (C=O) groups is 2. The molecule has 0 saturated heterocycles. The second kappa shape index (κ2) is 9.85. The molecule has 0 saturated carbocycles. The SMILES string of the molecule is O=C(Cc1ccc(Oc2ccccc2)cc1)C(Cc1ccc(O)cc1)N1Cc2ccccc2C1=O. The summed E-state index contributed by atoms with van der Waals surface area (Å²) in [6, 6.07) is 30.7. The minimum Gasteiger partial charge on any atom is -0.508 e. The summed E-state index contributed by atoms with van der Waals surface area (Å²) >= 11 is 0. The van der Waals surface area contributed by atoms with Gasteiger partial charge in [0.1, 0.15) is 17.2 Å². The Morgan fingerprint density at radius 3 is 2.14 bits per heavy atom. The number of phenolic OH excluding ortho intramolecular Hbond substituents is 1. The van der Waals surface area contributed by atoms with E-state index >= 15 is 0 Å². The average molecular weight is 464 g/mol. The highest BCUT2D eigenvalue weighted by molar-refractivity contribution is 6.01. The second-order valence-electron chi connectivity index (χ2n) is 8.68. The molecule has 5 heteroatoms. The molecule has 4 aromatic carbocycles. The molecule has 0 fully saturated rings. The summed E-state index contributed by atoms with van der Waals surface area (Å²) in [7, 11) is 0. The number of nitrogens with zero attached hydrogens (tertiary/aromatic N) is 1. The minimum absolute atomic E-state index is 0.0315. The molecule has 0 aromatic heterocycles. The van der Waals surface area contributed by atoms with Crippen LogP contribution >= 0.6 is 0 Å². The average Bonchev–Trinajstić information content (AvgIpc) is 3.21. The van der Waals surface area contributed by atoms with Crippen molar-refractivity contribution in [2.75, 3.05) is 0 Å². The van der Waals surface area contributed by atoms with Crippen LogP contribution in [0.2, 0.25) is 0 Å². The molecule has 35 heavy (non-hydrogen) atoms. The first-order chi connectivity index (χ1) is 17.1. The van der Waals surface area contributed by atoms with Crippen molar-refractivity contribution < 1.29 is 19.4 Å². The van der Waals surface area contributed by atoms with Crippen molar-refractivity contribution in [2.45, 2.75) is 25.4 Å². The van der Waals surface area contributed by atoms with Crippen LogP contribution in [0.4, 0.5) is 0 Å². The van der Waals surface area contributed by atoms with Gasteiger partial charge in [0, 0.05) is 24.9 Å². The molecule has 174 valence electrons. The maximum Gasteiger partial charge on any atom is 0.255 e. The molecule has 0 spiro atoms. The Morgan fingerprint density at radius 2 is 1.43 bits per heavy atom. The van der Waals surface area contributed by atoms with E-state index in [-0.39, 0.29) is 23.9 Å². The number of phenols is 1. The fourth-order valence-electron chi connectivity index (χ4n) is 4.40. The van der Waals surface area contributed by atoms with Crippen molar-refractivity contribution in [1.82, 2.24) is 4.90 Å². The molecular formula is C30H25NO4. The number of hydrogen-bond donors (Lipinski definition) is 1. The second-order valence-corrected chi connectivity index (χ2v) is 8.68. The molecular weight excluding hydrogens is 438 g/mol. The van der Waals surface area contributed by atoms with Gasteiger partial charge in [-0.05, 0) is 59.2 Å². The van der Waals surface area contributed by atoms with Gasteiger partial charge in [0.25, 0.3) is 5.91 Å². The van der Waals surface area contributed by atoms with E-state index in [1.807, 2.05) is 78.9 Å². The standard InChI is InChI=1S/C30H25NO4/c32-24-14-10-21(11-15-24)18-28(31-20-23-6-4-5-9-27(23)30(31)34)29(33)19-22-12-16-26(17-13-22)35-25-7-2-1-3-8-25/h1-17,28,32H,18-20H2. The first-order valence-electron chi connectivity index (χ1n) is 11.6. The third-order valence-corrected chi connectivity index (χ3v) is 6.24. The number of ketones is 1. The molecule has 0 aliphatic carbocycles. The summed E-state index contributed by atoms with van der Waals surface area (Å²) < 4.78 is 5.85. The number of rotatable bonds is 8. The van der Waals surface area contributed by atoms with Gasteiger partial charge in [0.2, 0.25) is 0 Å². The lowest BCUT2D eigenvalue weighted by molar-refractivity contribution is -0.123. The Morgan fingerprint density at radius 1 is 0.800 bits per heavy atom. The largest absolute Gasteiger partial charge is 0.508 e. The fourth-order valence-corrected chi connectivity index (χ4v) is 4.40. The third-order valence-electron chi connectivity index (χ3n) is 6.24. The minimum atomic E-state index is -0.611. The number of aromatic hydroxyl groups is 1. The van der Waals surface area contributed by atoms with E-state index in [0.29, 0.717) is 24.3 Å². The Labute approximate surface area is 204 Å². The molecule has 1 unspecified atom stereocenters. The Bertz CT molecular complexity index is 1330. The highest BCUT2D eigenvalue weighted by Crippen LogP contribution is 2.28. The van der Waals surface area contributed by atoms with Gasteiger partial charge in [0.05, 0.1) is 6.04 Å². The Balaban J connectivity index is 1.35. The quantitative estimate of drug-likeness (QED) is 0.371. The van der Waals surface area contributed by atoms with E-state index in [4.69, 9.17) is 4.74 Å². The summed E-state index contributed by atoms with van der Waals surface area (Å²) in [5, 5.41) is 9.64. The van der Waals surface area contributed by atoms with Crippen molar-refractivity contribution in [2.24, 2.45) is 0 Å². The van der Waals surface area contributed by atoms with Crippen LogP contribution in [0.5, 0.6) is 17.2 Å². The van der Waals surface area contributed by atoms with Crippen LogP contribution in [0.25, 0.3) is 0 Å². The number of fused-ring (bicyclic) bond motifs is 1. The zero-order chi connectivity index (χ0) is 24.2. The number of hydrogen-bond acceptors (Lipinski definition) is 4. The van der Waals surface area contributed by atoms with Crippen LogP contribution in [0.1, 0.15) is 27.0 Å². The predicted molar refractivity (Wildman–Crippen MR) is 134 cm³/mol. The molecule has 1 atom stereocenters. The Hall–Kier alpha value is -4.38. The lowest BCUT2D eigenvalue weighted by Gasteiger charge is -2.27. The van der Waals surface area contributed by atoms with Gasteiger partial charge in [-0.25, -0.2) is 0 Å². The summed E-state index contributed by atoms with van der Waals surface area (Å²) in [6.07, 6.45) is 0.586. The van der Waals surface area contributed by atoms with Crippen LogP contribution < -0.4 is 4.74 Å². The summed E-state index contributed by atoms with van der Waals surface area (Å²) in [4.78, 5) is 28.4. The number of amides is 1. The molecule has 5 nitrogen and oxygen atoms in total. The molecule has 5 rings (SSSR count). The maximum atomic E-state index is 13.6. The van der Waals surface area contributed by atoms with Gasteiger partial charge < -0.3 is 14.7 Å². The Kier molecular flexibility index (Phi) is 6.31. The molecule has 0 radical (unpaired) electrons. The van der Waals surface area contributed by atoms with Crippen LogP contribution in [-0.2, 0) is 24.2 Å². The van der Waals surface area contributed by atoms with Gasteiger partial charge in [-0.3, -0.25) is 9.59 Å². The lowest BCUT2D eigenvalue weighted by Crippen LogP contribution is -2.43. The van der Waals surface area contributed by atoms with Crippen molar-refractivity contribution in [3.8, 4) is 17.2 Å². The number of carbonyl (C=O) groups excluding carboxylic acids is 2. The van der Waals surface area contributed by atoms with Crippen LogP contribution in [0.15, 0.2) is 103 Å². The van der Waals surface area contributed by atoms with Gasteiger partial charge in [-0.2, -0.15) is 0 Å². The van der Waals surface area contributed by atoms with E-state index in [9.17, 15) is 14.7 Å². The maximum absolute atomic E-state index is 13.6. The van der Waals surface area contributed by atoms with Crippen molar-refractivity contribution in [1.29, 1.82) is 0 Å². The molecule has 1 aliphatic heterocycles. The van der Waals surface area contributed by atoms with Crippen LogP contribution in [0.3, 0.4) is 0 Å². The van der Waals surface area contributed by atoms with Gasteiger partial charge in [0.15, 0.2) is 5.78 Å². The topological polar surface area (TPSA) is 66.8 Å². The zero-order valence-corrected chi connectivity index (χ0v) is 19.1. The number of benzene rings is 4. The summed E-state index contributed by atoms with van der Waals surface area (Å²) in [5.41, 5.74) is 3.33. The fraction of sp³-hybridized carbons (Fsp3) is 0.133. The molecule has 0 bridgehead atoms. The number of ether oxygens (including phenoxy) is 1. The predicted octanol–water partition coefficient (Wildman–Crippen LogP) is 5.56. The van der Waals surface area contributed by atoms with E-state index < -0.39 is 6.04 Å². The van der Waals surface area contributed by atoms with Crippen molar-refractivity contribution in [3.05, 3.63) is 125 Å². The van der Waals surface area contributed by atoms with Gasteiger partial charge in [-0.15, -0.1) is 0 Å². The number of Topliss-reactive ketones (excluding diaryl/α,β-unsaturated/α-hetero) is 1. The zero-order valence-electron chi connectivity index (χ0n) is 19.1. The van der Waals surface area contributed by atoms with Crippen molar-refractivity contribution >= 4 is 11.7 Å². The molecule has 1 N–H and O–H groups in total. The summed E-state index contributed by atoms with van der Waals surface area (Å²) in [5.74, 6) is 1.45. The molecule has 1 aliphatic rings. The van der Waals surface area contributed by atoms with E-state index in [1.165, 1.54) is 0 Å². The normalized spacial score (nSPS) is 13.4. The van der Waals surface area contributed by atoms with E-state index in [0.717, 1.165) is 22.4 Å². The van der Waals surface area contributed by atoms with E-state index in [2.05, 4.69) is 0 Å². The lowest BCUT2D eigenvalue weighted by atomic mass is 9.96. The first-order valence-corrected chi connectivity index (χ1v) is 11.6. The molecule has 4 aromatic rings. The molecule has 1 heterocycles. The first kappa shape index (κ1) is 22.4. The number of para-hydroxylation sites is 1. The third kappa shape index (κ3) is 5.09. The smallest absolute Gasteiger partial charge is 0.255 e. The molecule has 1 amide bonds. The monoisotopic (exact) mass is 463 g/mol. The van der Waals surface area contributed by atoms with E-state index in [1.54, 1.807) is 29.2 Å². The highest BCUT2D eigenvalue weighted by atomic mass is 16.5. The van der Waals surface area contributed by atoms with Crippen molar-refractivity contribution in [3.63, 3.8) is 0 Å². The van der Waals surface area contributed by atoms with Crippen LogP contribution in [-0.4, -0.2) is 27.7 Å². The van der Waals surface area contributed by atoms with Crippen LogP contribution in [0, 0.1) is 0 Å².